The molecule has 0 saturated carbocycles. The number of benzene rings is 3. The third-order valence-corrected chi connectivity index (χ3v) is 8.29. The van der Waals surface area contributed by atoms with Crippen molar-refractivity contribution in [2.45, 2.75) is 4.90 Å². The number of carbonyl (C=O) groups excluding carboxylic acids is 2. The zero-order chi connectivity index (χ0) is 29.1. The smallest absolute Gasteiger partial charge is 0.332 e. The molecule has 3 aromatic carbocycles. The fourth-order valence-corrected chi connectivity index (χ4v) is 5.89. The third-order valence-electron chi connectivity index (χ3n) is 6.44. The van der Waals surface area contributed by atoms with Crippen LogP contribution in [-0.4, -0.2) is 42.1 Å². The molecule has 1 aliphatic rings. The molecule has 0 bridgehead atoms. The van der Waals surface area contributed by atoms with Crippen LogP contribution in [0.15, 0.2) is 96.0 Å². The molecular formula is C30H23FN4O5S2. The van der Waals surface area contributed by atoms with Crippen molar-refractivity contribution >= 4 is 57.0 Å². The van der Waals surface area contributed by atoms with Gasteiger partial charge in [-0.05, 0) is 48.0 Å². The van der Waals surface area contributed by atoms with Crippen LogP contribution in [0.25, 0.3) is 20.7 Å². The van der Waals surface area contributed by atoms with Crippen LogP contribution >= 0.6 is 23.4 Å². The number of halogens is 1. The highest BCUT2D eigenvalue weighted by Crippen LogP contribution is 2.40. The minimum atomic E-state index is -0.667. The van der Waals surface area contributed by atoms with E-state index >= 15 is 4.39 Å². The molecule has 9 nitrogen and oxygen atoms in total. The van der Waals surface area contributed by atoms with Crippen LogP contribution < -0.4 is 15.0 Å². The maximum Gasteiger partial charge on any atom is 0.332 e. The maximum atomic E-state index is 15.1. The molecule has 1 aliphatic heterocycles. The number of urea groups is 2. The molecule has 0 unspecified atom stereocenters. The van der Waals surface area contributed by atoms with Gasteiger partial charge in [-0.25, -0.2) is 23.8 Å². The largest absolute Gasteiger partial charge is 0.453 e. The highest BCUT2D eigenvalue weighted by atomic mass is 32.2. The number of carbonyl (C=O) groups is 2. The molecule has 0 spiro atoms. The Morgan fingerprint density at radius 3 is 2.57 bits per heavy atom. The number of pyridine rings is 1. The number of imide groups is 1. The zero-order valence-corrected chi connectivity index (χ0v) is 23.8. The minimum absolute atomic E-state index is 0.0116. The first-order chi connectivity index (χ1) is 20.5. The zero-order valence-electron chi connectivity index (χ0n) is 22.2. The van der Waals surface area contributed by atoms with E-state index in [0.717, 1.165) is 48.6 Å². The van der Waals surface area contributed by atoms with Gasteiger partial charge in [0, 0.05) is 46.0 Å². The third kappa shape index (κ3) is 5.78. The van der Waals surface area contributed by atoms with Gasteiger partial charge in [0.05, 0.1) is 35.9 Å². The van der Waals surface area contributed by atoms with Crippen molar-refractivity contribution in [3.8, 4) is 21.9 Å². The van der Waals surface area contributed by atoms with Crippen LogP contribution in [0.5, 0.6) is 11.5 Å². The lowest BCUT2D eigenvalue weighted by molar-refractivity contribution is -0.160. The second-order valence-corrected chi connectivity index (χ2v) is 10.9. The van der Waals surface area contributed by atoms with Gasteiger partial charge < -0.3 is 10.1 Å². The molecular weight excluding hydrogens is 579 g/mol. The number of amides is 4. The average molecular weight is 603 g/mol. The van der Waals surface area contributed by atoms with Crippen molar-refractivity contribution in [1.82, 2.24) is 9.88 Å². The van der Waals surface area contributed by atoms with Crippen molar-refractivity contribution in [2.24, 2.45) is 0 Å². The molecule has 0 aliphatic carbocycles. The molecule has 3 heterocycles. The first-order valence-corrected chi connectivity index (χ1v) is 14.3. The molecule has 0 radical (unpaired) electrons. The summed E-state index contributed by atoms with van der Waals surface area (Å²) in [6.45, 7) is 0.589. The van der Waals surface area contributed by atoms with E-state index in [0.29, 0.717) is 18.0 Å². The van der Waals surface area contributed by atoms with Gasteiger partial charge in [0.15, 0.2) is 11.6 Å². The van der Waals surface area contributed by atoms with Gasteiger partial charge in [0.1, 0.15) is 5.75 Å². The molecule has 5 aromatic rings. The Morgan fingerprint density at radius 2 is 1.81 bits per heavy atom. The Labute approximate surface area is 248 Å². The monoisotopic (exact) mass is 602 g/mol. The van der Waals surface area contributed by atoms with Gasteiger partial charge in [-0.15, -0.1) is 11.3 Å². The highest BCUT2D eigenvalue weighted by molar-refractivity contribution is 7.94. The lowest BCUT2D eigenvalue weighted by Gasteiger charge is -2.18. The molecule has 2 aromatic heterocycles. The number of rotatable bonds is 8. The minimum Gasteiger partial charge on any atom is -0.453 e. The number of nitrogens with zero attached hydrogens (tertiary/aromatic N) is 3. The highest BCUT2D eigenvalue weighted by Gasteiger charge is 2.34. The molecule has 6 rings (SSSR count). The van der Waals surface area contributed by atoms with Crippen molar-refractivity contribution in [3.63, 3.8) is 0 Å². The molecule has 212 valence electrons. The molecule has 1 saturated heterocycles. The lowest BCUT2D eigenvalue weighted by Crippen LogP contribution is -2.39. The molecule has 42 heavy (non-hydrogen) atoms. The first-order valence-electron chi connectivity index (χ1n) is 12.8. The van der Waals surface area contributed by atoms with E-state index in [-0.39, 0.29) is 18.0 Å². The summed E-state index contributed by atoms with van der Waals surface area (Å²) in [6, 6.07) is 23.6. The van der Waals surface area contributed by atoms with Gasteiger partial charge in [-0.2, -0.15) is 4.33 Å². The van der Waals surface area contributed by atoms with E-state index in [2.05, 4.69) is 15.2 Å². The quantitative estimate of drug-likeness (QED) is 0.109. The number of nitrogens with one attached hydrogen (secondary N) is 1. The van der Waals surface area contributed by atoms with E-state index in [1.54, 1.807) is 24.4 Å². The van der Waals surface area contributed by atoms with Crippen molar-refractivity contribution in [2.75, 3.05) is 30.4 Å². The number of hydrogen-bond donors (Lipinski definition) is 1. The molecule has 12 heteroatoms. The predicted octanol–water partition coefficient (Wildman–Crippen LogP) is 7.95. The van der Waals surface area contributed by atoms with Gasteiger partial charge in [-0.3, -0.25) is 9.88 Å². The topological polar surface area (TPSA) is 93.2 Å². The summed E-state index contributed by atoms with van der Waals surface area (Å²) in [5.41, 5.74) is 2.61. The molecule has 0 atom stereocenters. The number of ether oxygens (including phenoxy) is 1. The van der Waals surface area contributed by atoms with Crippen molar-refractivity contribution in [3.05, 3.63) is 96.9 Å². The number of anilines is 2. The normalized spacial score (nSPS) is 13.1. The van der Waals surface area contributed by atoms with Gasteiger partial charge in [-0.1, -0.05) is 30.3 Å². The summed E-state index contributed by atoms with van der Waals surface area (Å²) in [7, 11) is 1.45. The first kappa shape index (κ1) is 27.7. The average Bonchev–Trinajstić information content (AvgIpc) is 3.62. The van der Waals surface area contributed by atoms with E-state index in [1.807, 2.05) is 48.5 Å². The Kier molecular flexibility index (Phi) is 8.02. The van der Waals surface area contributed by atoms with Gasteiger partial charge in [0.2, 0.25) is 0 Å². The summed E-state index contributed by atoms with van der Waals surface area (Å²) in [5, 5.41) is 2.60. The number of hydrogen-bond acceptors (Lipinski definition) is 8. The van der Waals surface area contributed by atoms with E-state index in [4.69, 9.17) is 9.07 Å². The van der Waals surface area contributed by atoms with Crippen LogP contribution in [0.4, 0.5) is 25.4 Å². The number of aromatic nitrogens is 1. The second-order valence-electron chi connectivity index (χ2n) is 9.08. The number of fused-ring (bicyclic) bond motifs is 1. The van der Waals surface area contributed by atoms with Gasteiger partial charge >= 0.3 is 12.1 Å². The van der Waals surface area contributed by atoms with E-state index in [1.165, 1.54) is 35.5 Å². The fraction of sp³-hybridized carbons (Fsp3) is 0.100. The SMILES string of the molecule is COOSc1ccc(-c2cc3nccc(Oc4ccc(NC(=O)N5CCN(c6ccccc6)C5=O)cc4F)c3s2)cc1. The molecule has 1 N–H and O–H groups in total. The van der Waals surface area contributed by atoms with Crippen molar-refractivity contribution in [1.29, 1.82) is 0 Å². The van der Waals surface area contributed by atoms with Crippen LogP contribution in [-0.2, 0) is 9.22 Å². The summed E-state index contributed by atoms with van der Waals surface area (Å²) < 4.78 is 26.7. The molecule has 4 amide bonds. The summed E-state index contributed by atoms with van der Waals surface area (Å²) in [5.74, 6) is -0.224. The van der Waals surface area contributed by atoms with Crippen LogP contribution in [0.2, 0.25) is 0 Å². The Morgan fingerprint density at radius 1 is 1.00 bits per heavy atom. The van der Waals surface area contributed by atoms with E-state index in [9.17, 15) is 9.59 Å². The van der Waals surface area contributed by atoms with Crippen LogP contribution in [0.1, 0.15) is 0 Å². The standard InChI is InChI=1S/C30H23FN4O5S2/c1-38-40-42-22-10-7-19(8-11-22)27-18-24-28(41-27)26(13-14-32-24)39-25-12-9-20(17-23(25)31)33-29(36)35-16-15-34(30(35)37)21-5-3-2-4-6-21/h2-14,17-18H,15-16H2,1H3,(H,33,36). The van der Waals surface area contributed by atoms with Gasteiger partial charge in [0.25, 0.3) is 0 Å². The Balaban J connectivity index is 1.15. The maximum absolute atomic E-state index is 15.1. The second kappa shape index (κ2) is 12.2. The summed E-state index contributed by atoms with van der Waals surface area (Å²) in [6.07, 6.45) is 1.61. The van der Waals surface area contributed by atoms with Crippen LogP contribution in [0.3, 0.4) is 0 Å². The Hall–Kier alpha value is -4.49. The lowest BCUT2D eigenvalue weighted by atomic mass is 10.2. The fourth-order valence-electron chi connectivity index (χ4n) is 4.43. The predicted molar refractivity (Wildman–Crippen MR) is 160 cm³/mol. The van der Waals surface area contributed by atoms with E-state index < -0.39 is 17.9 Å². The summed E-state index contributed by atoms with van der Waals surface area (Å²) >= 11 is 2.59. The number of thiophene rings is 1. The van der Waals surface area contributed by atoms with Crippen LogP contribution in [0, 0.1) is 5.82 Å². The Bertz CT molecular complexity index is 1750. The number of para-hydroxylation sites is 1. The molecule has 1 fully saturated rings. The van der Waals surface area contributed by atoms with Crippen molar-refractivity contribution < 1.29 is 27.9 Å². The summed E-state index contributed by atoms with van der Waals surface area (Å²) in [4.78, 5) is 39.1.